The van der Waals surface area contributed by atoms with Crippen molar-refractivity contribution in [2.24, 2.45) is 11.8 Å². The van der Waals surface area contributed by atoms with Gasteiger partial charge in [0.05, 0.1) is 11.5 Å². The molecule has 1 heterocycles. The average molecular weight is 259 g/mol. The third-order valence-corrected chi connectivity index (χ3v) is 6.13. The quantitative estimate of drug-likeness (QED) is 0.793. The number of nitrogens with one attached hydrogen (secondary N) is 1. The van der Waals surface area contributed by atoms with Crippen LogP contribution < -0.4 is 5.32 Å². The molecule has 0 aromatic rings. The van der Waals surface area contributed by atoms with Crippen LogP contribution in [0.5, 0.6) is 0 Å². The third-order valence-electron chi connectivity index (χ3n) is 4.29. The van der Waals surface area contributed by atoms with Crippen molar-refractivity contribution in [3.05, 3.63) is 0 Å². The highest BCUT2D eigenvalue weighted by atomic mass is 32.2. The minimum Gasteiger partial charge on any atom is -0.314 e. The average Bonchev–Trinajstić information content (AvgIpc) is 2.52. The predicted octanol–water partition coefficient (Wildman–Crippen LogP) is 1.98. The predicted molar refractivity (Wildman–Crippen MR) is 70.8 cm³/mol. The van der Waals surface area contributed by atoms with Crippen LogP contribution in [0.4, 0.5) is 0 Å². The summed E-state index contributed by atoms with van der Waals surface area (Å²) in [6.45, 7) is 3.26. The number of rotatable bonds is 6. The van der Waals surface area contributed by atoms with Crippen LogP contribution in [0, 0.1) is 11.8 Å². The fourth-order valence-corrected chi connectivity index (χ4v) is 4.91. The van der Waals surface area contributed by atoms with Crippen molar-refractivity contribution in [2.75, 3.05) is 18.1 Å². The zero-order valence-corrected chi connectivity index (χ0v) is 11.6. The molecule has 1 saturated heterocycles. The lowest BCUT2D eigenvalue weighted by Crippen LogP contribution is -2.41. The number of sulfone groups is 1. The van der Waals surface area contributed by atoms with Gasteiger partial charge in [0.25, 0.3) is 0 Å². The summed E-state index contributed by atoms with van der Waals surface area (Å²) in [4.78, 5) is 0. The van der Waals surface area contributed by atoms with Gasteiger partial charge in [-0.1, -0.05) is 13.3 Å². The Morgan fingerprint density at radius 3 is 2.53 bits per heavy atom. The molecule has 2 unspecified atom stereocenters. The zero-order valence-electron chi connectivity index (χ0n) is 10.8. The van der Waals surface area contributed by atoms with E-state index in [0.717, 1.165) is 31.7 Å². The van der Waals surface area contributed by atoms with E-state index in [-0.39, 0.29) is 0 Å². The molecule has 17 heavy (non-hydrogen) atoms. The Morgan fingerprint density at radius 1 is 1.29 bits per heavy atom. The van der Waals surface area contributed by atoms with Crippen molar-refractivity contribution in [3.8, 4) is 0 Å². The van der Waals surface area contributed by atoms with Crippen LogP contribution in [-0.2, 0) is 9.84 Å². The Morgan fingerprint density at radius 2 is 2.06 bits per heavy atom. The van der Waals surface area contributed by atoms with E-state index in [0.29, 0.717) is 23.5 Å². The fraction of sp³-hybridized carbons (Fsp3) is 1.00. The van der Waals surface area contributed by atoms with E-state index < -0.39 is 9.84 Å². The third kappa shape index (κ3) is 3.68. The maximum atomic E-state index is 11.5. The van der Waals surface area contributed by atoms with E-state index in [2.05, 4.69) is 12.2 Å². The van der Waals surface area contributed by atoms with Crippen LogP contribution in [-0.4, -0.2) is 32.5 Å². The number of hydrogen-bond donors (Lipinski definition) is 1. The molecule has 0 aromatic heterocycles. The summed E-state index contributed by atoms with van der Waals surface area (Å²) in [7, 11) is -2.70. The molecular formula is C13H25NO2S. The normalized spacial score (nSPS) is 30.1. The van der Waals surface area contributed by atoms with Gasteiger partial charge in [-0.05, 0) is 50.5 Å². The summed E-state index contributed by atoms with van der Waals surface area (Å²) in [5, 5.41) is 3.63. The molecule has 1 aliphatic carbocycles. The Balaban J connectivity index is 1.84. The Hall–Kier alpha value is -0.0900. The molecule has 3 nitrogen and oxygen atoms in total. The molecule has 2 rings (SSSR count). The molecule has 2 atom stereocenters. The highest BCUT2D eigenvalue weighted by Crippen LogP contribution is 2.34. The number of hydrogen-bond acceptors (Lipinski definition) is 3. The minimum absolute atomic E-state index is 0.412. The van der Waals surface area contributed by atoms with Gasteiger partial charge in [-0.15, -0.1) is 0 Å². The second-order valence-corrected chi connectivity index (χ2v) is 7.99. The van der Waals surface area contributed by atoms with E-state index in [1.807, 2.05) is 0 Å². The van der Waals surface area contributed by atoms with Crippen molar-refractivity contribution in [2.45, 2.75) is 51.5 Å². The highest BCUT2D eigenvalue weighted by Gasteiger charge is 2.33. The molecule has 0 amide bonds. The molecule has 100 valence electrons. The van der Waals surface area contributed by atoms with E-state index in [1.165, 1.54) is 19.3 Å². The van der Waals surface area contributed by atoms with Gasteiger partial charge in [-0.2, -0.15) is 0 Å². The van der Waals surface area contributed by atoms with Crippen molar-refractivity contribution in [1.29, 1.82) is 0 Å². The second-order valence-electron chi connectivity index (χ2n) is 5.76. The van der Waals surface area contributed by atoms with Crippen molar-refractivity contribution >= 4 is 9.84 Å². The first-order valence-corrected chi connectivity index (χ1v) is 8.86. The first kappa shape index (κ1) is 13.3. The maximum Gasteiger partial charge on any atom is 0.150 e. The molecule has 1 saturated carbocycles. The van der Waals surface area contributed by atoms with Crippen LogP contribution in [0.25, 0.3) is 0 Å². The first-order chi connectivity index (χ1) is 8.11. The zero-order chi connectivity index (χ0) is 12.3. The van der Waals surface area contributed by atoms with Crippen molar-refractivity contribution in [1.82, 2.24) is 5.32 Å². The van der Waals surface area contributed by atoms with Gasteiger partial charge in [0.1, 0.15) is 0 Å². The summed E-state index contributed by atoms with van der Waals surface area (Å²) in [6.07, 6.45) is 7.15. The Labute approximate surface area is 105 Å². The van der Waals surface area contributed by atoms with Gasteiger partial charge in [-0.3, -0.25) is 0 Å². The SMILES string of the molecule is CCCNC(CC1CCS(=O)(=O)C1)C1CCC1. The molecule has 2 fully saturated rings. The maximum absolute atomic E-state index is 11.5. The lowest BCUT2D eigenvalue weighted by molar-refractivity contribution is 0.204. The van der Waals surface area contributed by atoms with Gasteiger partial charge >= 0.3 is 0 Å². The van der Waals surface area contributed by atoms with Gasteiger partial charge in [0, 0.05) is 6.04 Å². The summed E-state index contributed by atoms with van der Waals surface area (Å²) < 4.78 is 22.9. The molecule has 1 N–H and O–H groups in total. The van der Waals surface area contributed by atoms with Crippen LogP contribution in [0.2, 0.25) is 0 Å². The fourth-order valence-electron chi connectivity index (χ4n) is 3.03. The largest absolute Gasteiger partial charge is 0.314 e. The molecule has 4 heteroatoms. The molecule has 2 aliphatic rings. The van der Waals surface area contributed by atoms with E-state index in [9.17, 15) is 8.42 Å². The topological polar surface area (TPSA) is 46.2 Å². The molecule has 1 aliphatic heterocycles. The van der Waals surface area contributed by atoms with Crippen LogP contribution in [0.15, 0.2) is 0 Å². The molecule has 0 bridgehead atoms. The van der Waals surface area contributed by atoms with Gasteiger partial charge in [0.15, 0.2) is 9.84 Å². The molecule has 0 radical (unpaired) electrons. The van der Waals surface area contributed by atoms with Gasteiger partial charge in [0.2, 0.25) is 0 Å². The summed E-state index contributed by atoms with van der Waals surface area (Å²) in [6, 6.07) is 0.571. The van der Waals surface area contributed by atoms with Crippen molar-refractivity contribution < 1.29 is 8.42 Å². The minimum atomic E-state index is -2.70. The molecule has 0 aromatic carbocycles. The summed E-state index contributed by atoms with van der Waals surface area (Å²) in [5.41, 5.74) is 0. The Kier molecular flexibility index (Phi) is 4.47. The highest BCUT2D eigenvalue weighted by molar-refractivity contribution is 7.91. The van der Waals surface area contributed by atoms with Crippen LogP contribution >= 0.6 is 0 Å². The lowest BCUT2D eigenvalue weighted by Gasteiger charge is -2.35. The van der Waals surface area contributed by atoms with Gasteiger partial charge in [-0.25, -0.2) is 8.42 Å². The summed E-state index contributed by atoms with van der Waals surface area (Å²) in [5.74, 6) is 2.08. The smallest absolute Gasteiger partial charge is 0.150 e. The molecular weight excluding hydrogens is 234 g/mol. The monoisotopic (exact) mass is 259 g/mol. The first-order valence-electron chi connectivity index (χ1n) is 7.04. The van der Waals surface area contributed by atoms with Gasteiger partial charge < -0.3 is 5.32 Å². The van der Waals surface area contributed by atoms with E-state index >= 15 is 0 Å². The van der Waals surface area contributed by atoms with Crippen LogP contribution in [0.3, 0.4) is 0 Å². The van der Waals surface area contributed by atoms with Crippen molar-refractivity contribution in [3.63, 3.8) is 0 Å². The van der Waals surface area contributed by atoms with E-state index in [4.69, 9.17) is 0 Å². The second kappa shape index (κ2) is 5.70. The van der Waals surface area contributed by atoms with Crippen LogP contribution in [0.1, 0.15) is 45.4 Å². The lowest BCUT2D eigenvalue weighted by atomic mass is 9.76. The Bertz CT molecular complexity index is 335. The molecule has 0 spiro atoms. The standard InChI is InChI=1S/C13H25NO2S/c1-2-7-14-13(12-4-3-5-12)9-11-6-8-17(15,16)10-11/h11-14H,2-10H2,1H3. The van der Waals surface area contributed by atoms with E-state index in [1.54, 1.807) is 0 Å². The summed E-state index contributed by atoms with van der Waals surface area (Å²) >= 11 is 0.